The number of halogens is 3. The van der Waals surface area contributed by atoms with Crippen LogP contribution in [0, 0.1) is 6.92 Å². The molecule has 0 saturated carbocycles. The van der Waals surface area contributed by atoms with Crippen molar-refractivity contribution < 1.29 is 22.7 Å². The maximum Gasteiger partial charge on any atom is 0.573 e. The molecule has 0 unspecified atom stereocenters. The van der Waals surface area contributed by atoms with E-state index in [1.807, 2.05) is 43.3 Å². The van der Waals surface area contributed by atoms with E-state index in [2.05, 4.69) is 51.9 Å². The molecule has 0 bridgehead atoms. The maximum atomic E-state index is 12.8. The molecule has 4 aromatic rings. The summed E-state index contributed by atoms with van der Waals surface area (Å²) in [6, 6.07) is 19.3. The molecule has 1 aliphatic rings. The van der Waals surface area contributed by atoms with Gasteiger partial charge in [-0.1, -0.05) is 80.3 Å². The van der Waals surface area contributed by atoms with Gasteiger partial charge in [-0.05, 0) is 78.8 Å². The maximum absolute atomic E-state index is 12.8. The van der Waals surface area contributed by atoms with E-state index in [4.69, 9.17) is 12.2 Å². The van der Waals surface area contributed by atoms with Gasteiger partial charge in [-0.25, -0.2) is 14.7 Å². The number of nitrogens with zero attached hydrogens (tertiary/aromatic N) is 5. The number of amides is 1. The number of carbonyl (C=O) groups excluding carboxylic acids is 1. The number of hydrogen-bond acceptors (Lipinski definition) is 6. The first-order valence-electron chi connectivity index (χ1n) is 14.7. The van der Waals surface area contributed by atoms with Gasteiger partial charge in [0.25, 0.3) is 0 Å². The molecule has 3 aromatic carbocycles. The van der Waals surface area contributed by atoms with Crippen LogP contribution < -0.4 is 9.64 Å². The molecule has 0 radical (unpaired) electrons. The first-order valence-corrected chi connectivity index (χ1v) is 16.1. The zero-order valence-electron chi connectivity index (χ0n) is 25.5. The molecule has 0 atom stereocenters. The SMILES string of the molecule is Cc1ccc(C(C)C)c(N2C(=O)CSC2=NC(=S)CCC/C=C/c2cccc(-c3ncn(-c4ccc(OC(F)(F)F)cc4)n3)c2)c1. The molecule has 46 heavy (non-hydrogen) atoms. The number of ether oxygens (including phenoxy) is 1. The Bertz CT molecular complexity index is 1780. The fourth-order valence-electron chi connectivity index (χ4n) is 4.87. The second-order valence-corrected chi connectivity index (χ2v) is 12.4. The summed E-state index contributed by atoms with van der Waals surface area (Å²) in [6.07, 6.45) is 3.09. The fourth-order valence-corrected chi connectivity index (χ4v) is 6.05. The summed E-state index contributed by atoms with van der Waals surface area (Å²) in [5.74, 6) is 0.803. The summed E-state index contributed by atoms with van der Waals surface area (Å²) in [7, 11) is 0. The number of carbonyl (C=O) groups is 1. The standard InChI is InChI=1S/C34H32F3N5O2S2/c1-22(2)28-17-12-23(3)18-29(28)42-31(43)20-46-33(42)39-30(45)11-6-4-5-8-24-9-7-10-25(19-24)32-38-21-41(40-32)26-13-15-27(16-14-26)44-34(35,36)37/h5,7-10,12-19,21-22H,4,6,11,20H2,1-3H3/b8-5+,39-33?. The van der Waals surface area contributed by atoms with Crippen LogP contribution in [-0.2, 0) is 4.79 Å². The van der Waals surface area contributed by atoms with E-state index in [9.17, 15) is 18.0 Å². The van der Waals surface area contributed by atoms with E-state index in [1.54, 1.807) is 4.90 Å². The minimum absolute atomic E-state index is 0.0137. The van der Waals surface area contributed by atoms with Gasteiger partial charge >= 0.3 is 6.36 Å². The molecule has 1 amide bonds. The van der Waals surface area contributed by atoms with Crippen molar-refractivity contribution >= 4 is 51.8 Å². The number of allylic oxidation sites excluding steroid dienone is 1. The smallest absolute Gasteiger partial charge is 0.406 e. The Morgan fingerprint density at radius 1 is 1.13 bits per heavy atom. The van der Waals surface area contributed by atoms with Gasteiger partial charge in [-0.3, -0.25) is 9.69 Å². The molecule has 5 rings (SSSR count). The molecule has 7 nitrogen and oxygen atoms in total. The summed E-state index contributed by atoms with van der Waals surface area (Å²) in [5.41, 5.74) is 5.40. The zero-order chi connectivity index (χ0) is 32.8. The lowest BCUT2D eigenvalue weighted by molar-refractivity contribution is -0.274. The Kier molecular flexibility index (Phi) is 10.4. The average molecular weight is 664 g/mol. The molecule has 2 heterocycles. The number of amidine groups is 1. The van der Waals surface area contributed by atoms with Gasteiger partial charge in [-0.15, -0.1) is 18.3 Å². The number of hydrogen-bond donors (Lipinski definition) is 0. The number of unbranched alkanes of at least 4 members (excludes halogenated alkanes) is 1. The molecule has 12 heteroatoms. The Hall–Kier alpha value is -4.29. The monoisotopic (exact) mass is 663 g/mol. The van der Waals surface area contributed by atoms with Crippen LogP contribution in [0.5, 0.6) is 5.75 Å². The Morgan fingerprint density at radius 3 is 2.65 bits per heavy atom. The third kappa shape index (κ3) is 8.49. The number of anilines is 1. The van der Waals surface area contributed by atoms with E-state index in [1.165, 1.54) is 47.0 Å². The topological polar surface area (TPSA) is 72.6 Å². The number of rotatable bonds is 10. The highest BCUT2D eigenvalue weighted by Crippen LogP contribution is 2.34. The third-order valence-corrected chi connectivity index (χ3v) is 8.30. The minimum Gasteiger partial charge on any atom is -0.406 e. The lowest BCUT2D eigenvalue weighted by atomic mass is 9.99. The molecular formula is C34H32F3N5O2S2. The van der Waals surface area contributed by atoms with Crippen LogP contribution in [0.15, 0.2) is 84.1 Å². The summed E-state index contributed by atoms with van der Waals surface area (Å²) in [4.78, 5) is 24.2. The van der Waals surface area contributed by atoms with Crippen LogP contribution >= 0.6 is 24.0 Å². The van der Waals surface area contributed by atoms with Crippen molar-refractivity contribution in [1.29, 1.82) is 0 Å². The quantitative estimate of drug-likeness (QED) is 0.125. The van der Waals surface area contributed by atoms with Crippen LogP contribution in [0.3, 0.4) is 0 Å². The predicted molar refractivity (Wildman–Crippen MR) is 182 cm³/mol. The summed E-state index contributed by atoms with van der Waals surface area (Å²) >= 11 is 7.01. The van der Waals surface area contributed by atoms with Gasteiger partial charge in [0.15, 0.2) is 11.0 Å². The lowest BCUT2D eigenvalue weighted by Gasteiger charge is -2.22. The molecule has 0 spiro atoms. The highest BCUT2D eigenvalue weighted by atomic mass is 32.2. The van der Waals surface area contributed by atoms with E-state index >= 15 is 0 Å². The van der Waals surface area contributed by atoms with E-state index in [0.29, 0.717) is 33.8 Å². The number of alkyl halides is 3. The number of thioether (sulfide) groups is 1. The van der Waals surface area contributed by atoms with Crippen molar-refractivity contribution in [3.63, 3.8) is 0 Å². The Labute approximate surface area is 275 Å². The second-order valence-electron chi connectivity index (χ2n) is 11.0. The van der Waals surface area contributed by atoms with Crippen molar-refractivity contribution in [1.82, 2.24) is 14.8 Å². The van der Waals surface area contributed by atoms with Crippen molar-refractivity contribution in [2.24, 2.45) is 4.99 Å². The highest BCUT2D eigenvalue weighted by molar-refractivity contribution is 8.15. The van der Waals surface area contributed by atoms with Crippen LogP contribution in [0.4, 0.5) is 18.9 Å². The van der Waals surface area contributed by atoms with Gasteiger partial charge in [0.2, 0.25) is 5.91 Å². The van der Waals surface area contributed by atoms with Gasteiger partial charge in [0.1, 0.15) is 17.1 Å². The second kappa shape index (κ2) is 14.4. The molecule has 238 valence electrons. The Balaban J connectivity index is 1.16. The Morgan fingerprint density at radius 2 is 1.91 bits per heavy atom. The number of thiocarbonyl (C=S) groups is 1. The lowest BCUT2D eigenvalue weighted by Crippen LogP contribution is -2.31. The molecule has 1 aromatic heterocycles. The molecular weight excluding hydrogens is 632 g/mol. The number of benzene rings is 3. The molecule has 1 fully saturated rings. The molecule has 1 aliphatic heterocycles. The van der Waals surface area contributed by atoms with Crippen molar-refractivity contribution in [2.45, 2.75) is 52.3 Å². The van der Waals surface area contributed by atoms with Crippen LogP contribution in [-0.4, -0.2) is 42.9 Å². The number of aromatic nitrogens is 3. The average Bonchev–Trinajstić information content (AvgIpc) is 3.63. The van der Waals surface area contributed by atoms with Gasteiger partial charge in [0, 0.05) is 12.0 Å². The zero-order valence-corrected chi connectivity index (χ0v) is 27.1. The van der Waals surface area contributed by atoms with Crippen LogP contribution in [0.2, 0.25) is 0 Å². The molecule has 0 aliphatic carbocycles. The normalized spacial score (nSPS) is 14.6. The fraction of sp³-hybridized carbons (Fsp3) is 0.265. The van der Waals surface area contributed by atoms with Crippen LogP contribution in [0.25, 0.3) is 23.2 Å². The predicted octanol–water partition coefficient (Wildman–Crippen LogP) is 8.91. The minimum atomic E-state index is -4.75. The van der Waals surface area contributed by atoms with Crippen molar-refractivity contribution in [3.05, 3.63) is 95.8 Å². The van der Waals surface area contributed by atoms with Gasteiger partial charge in [0.05, 0.1) is 17.1 Å². The summed E-state index contributed by atoms with van der Waals surface area (Å²) in [5, 5.41) is 5.12. The summed E-state index contributed by atoms with van der Waals surface area (Å²) < 4.78 is 42.7. The van der Waals surface area contributed by atoms with Crippen LogP contribution in [0.1, 0.15) is 55.7 Å². The molecule has 0 N–H and O–H groups in total. The highest BCUT2D eigenvalue weighted by Gasteiger charge is 2.32. The van der Waals surface area contributed by atoms with E-state index in [-0.39, 0.29) is 17.6 Å². The molecule has 1 saturated heterocycles. The summed E-state index contributed by atoms with van der Waals surface area (Å²) in [6.45, 7) is 6.25. The third-order valence-electron chi connectivity index (χ3n) is 7.08. The van der Waals surface area contributed by atoms with Crippen molar-refractivity contribution in [2.75, 3.05) is 10.7 Å². The van der Waals surface area contributed by atoms with Gasteiger partial charge in [-0.2, -0.15) is 0 Å². The van der Waals surface area contributed by atoms with E-state index < -0.39 is 6.36 Å². The van der Waals surface area contributed by atoms with Gasteiger partial charge < -0.3 is 4.74 Å². The number of aliphatic imine (C=N–C) groups is 1. The first kappa shape index (κ1) is 33.1. The first-order chi connectivity index (χ1) is 22.0. The van der Waals surface area contributed by atoms with Crippen molar-refractivity contribution in [3.8, 4) is 22.8 Å². The largest absolute Gasteiger partial charge is 0.573 e. The van der Waals surface area contributed by atoms with E-state index in [0.717, 1.165) is 40.8 Å². The number of aryl methyl sites for hydroxylation is 1.